The normalized spacial score (nSPS) is 20.7. The Bertz CT molecular complexity index is 614. The highest BCUT2D eigenvalue weighted by molar-refractivity contribution is 7.14. The molecule has 2 aromatic rings. The van der Waals surface area contributed by atoms with Gasteiger partial charge < -0.3 is 10.0 Å². The highest BCUT2D eigenvalue weighted by Gasteiger charge is 2.27. The lowest BCUT2D eigenvalue weighted by Gasteiger charge is -2.41. The molecule has 0 saturated carbocycles. The molecule has 3 rings (SSSR count). The van der Waals surface area contributed by atoms with E-state index in [2.05, 4.69) is 46.4 Å². The Morgan fingerprint density at radius 3 is 2.78 bits per heavy atom. The molecule has 1 saturated heterocycles. The molecule has 1 fully saturated rings. The minimum absolute atomic E-state index is 0.264. The number of benzene rings is 1. The maximum atomic E-state index is 9.66. The van der Waals surface area contributed by atoms with Gasteiger partial charge in [0.1, 0.15) is 0 Å². The number of aromatic nitrogens is 1. The molecule has 124 valence electrons. The Kier molecular flexibility index (Phi) is 5.30. The lowest BCUT2D eigenvalue weighted by molar-refractivity contribution is 0.0886. The summed E-state index contributed by atoms with van der Waals surface area (Å²) in [6.45, 7) is 7.81. The van der Waals surface area contributed by atoms with Crippen LogP contribution in [0.15, 0.2) is 35.7 Å². The third-order valence-electron chi connectivity index (χ3n) is 4.41. The van der Waals surface area contributed by atoms with E-state index < -0.39 is 0 Å². The Balaban J connectivity index is 1.70. The first kappa shape index (κ1) is 16.4. The fourth-order valence-electron chi connectivity index (χ4n) is 3.18. The van der Waals surface area contributed by atoms with Gasteiger partial charge in [0.2, 0.25) is 0 Å². The molecule has 0 amide bonds. The van der Waals surface area contributed by atoms with Gasteiger partial charge in [-0.3, -0.25) is 4.90 Å². The van der Waals surface area contributed by atoms with Gasteiger partial charge in [-0.2, -0.15) is 0 Å². The van der Waals surface area contributed by atoms with Gasteiger partial charge >= 0.3 is 0 Å². The molecule has 0 aliphatic carbocycles. The van der Waals surface area contributed by atoms with Crippen molar-refractivity contribution in [2.75, 3.05) is 31.1 Å². The van der Waals surface area contributed by atoms with Crippen LogP contribution in [0.4, 0.5) is 5.13 Å². The maximum Gasteiger partial charge on any atom is 0.185 e. The van der Waals surface area contributed by atoms with E-state index in [1.54, 1.807) is 11.3 Å². The minimum Gasteiger partial charge on any atom is -0.392 e. The van der Waals surface area contributed by atoms with E-state index in [-0.39, 0.29) is 6.10 Å². The van der Waals surface area contributed by atoms with Gasteiger partial charge in [0.15, 0.2) is 5.13 Å². The summed E-state index contributed by atoms with van der Waals surface area (Å²) in [5.41, 5.74) is 2.24. The average molecular weight is 331 g/mol. The Hall–Kier alpha value is -1.43. The molecular formula is C18H25N3OS. The zero-order valence-electron chi connectivity index (χ0n) is 13.9. The molecule has 1 N–H and O–H groups in total. The third-order valence-corrected chi connectivity index (χ3v) is 5.31. The zero-order valence-corrected chi connectivity index (χ0v) is 14.7. The van der Waals surface area contributed by atoms with Crippen LogP contribution >= 0.6 is 11.3 Å². The summed E-state index contributed by atoms with van der Waals surface area (Å²) in [5, 5.41) is 12.9. The van der Waals surface area contributed by atoms with Crippen LogP contribution in [0.2, 0.25) is 0 Å². The van der Waals surface area contributed by atoms with Crippen molar-refractivity contribution in [3.63, 3.8) is 0 Å². The van der Waals surface area contributed by atoms with Crippen molar-refractivity contribution >= 4 is 16.5 Å². The van der Waals surface area contributed by atoms with Crippen LogP contribution in [0.3, 0.4) is 0 Å². The predicted molar refractivity (Wildman–Crippen MR) is 97.1 cm³/mol. The Morgan fingerprint density at radius 1 is 1.30 bits per heavy atom. The molecule has 0 radical (unpaired) electrons. The van der Waals surface area contributed by atoms with Crippen LogP contribution in [0.5, 0.6) is 0 Å². The smallest absolute Gasteiger partial charge is 0.185 e. The van der Waals surface area contributed by atoms with Gasteiger partial charge in [-0.25, -0.2) is 4.98 Å². The fraction of sp³-hybridized carbons (Fsp3) is 0.500. The molecule has 0 spiro atoms. The summed E-state index contributed by atoms with van der Waals surface area (Å²) in [7, 11) is 0. The van der Waals surface area contributed by atoms with Crippen molar-refractivity contribution < 1.29 is 5.11 Å². The van der Waals surface area contributed by atoms with E-state index in [0.29, 0.717) is 6.04 Å². The van der Waals surface area contributed by atoms with Crippen molar-refractivity contribution in [2.24, 2.45) is 0 Å². The second-order valence-electron chi connectivity index (χ2n) is 6.23. The number of hydrogen-bond donors (Lipinski definition) is 1. The number of anilines is 1. The number of aliphatic hydroxyl groups excluding tert-OH is 1. The molecule has 1 aromatic heterocycles. The summed E-state index contributed by atoms with van der Waals surface area (Å²) in [6, 6.07) is 10.8. The number of aliphatic hydroxyl groups is 1. The third kappa shape index (κ3) is 3.91. The summed E-state index contributed by atoms with van der Waals surface area (Å²) in [6.07, 6.45) is 0.834. The highest BCUT2D eigenvalue weighted by Crippen LogP contribution is 2.29. The summed E-state index contributed by atoms with van der Waals surface area (Å²) >= 11 is 1.73. The monoisotopic (exact) mass is 331 g/mol. The van der Waals surface area contributed by atoms with E-state index in [1.165, 1.54) is 5.56 Å². The molecule has 2 heterocycles. The first-order chi connectivity index (χ1) is 11.2. The first-order valence-electron chi connectivity index (χ1n) is 8.35. The second kappa shape index (κ2) is 7.43. The zero-order chi connectivity index (χ0) is 16.2. The lowest BCUT2D eigenvalue weighted by atomic mass is 10.1. The molecule has 5 heteroatoms. The first-order valence-corrected chi connectivity index (χ1v) is 9.23. The van der Waals surface area contributed by atoms with Gasteiger partial charge in [0.05, 0.1) is 11.8 Å². The number of hydrogen-bond acceptors (Lipinski definition) is 5. The summed E-state index contributed by atoms with van der Waals surface area (Å²) < 4.78 is 0. The van der Waals surface area contributed by atoms with Gasteiger partial charge in [-0.15, -0.1) is 11.3 Å². The van der Waals surface area contributed by atoms with Crippen molar-refractivity contribution in [3.05, 3.63) is 35.7 Å². The molecule has 4 nitrogen and oxygen atoms in total. The van der Waals surface area contributed by atoms with E-state index in [9.17, 15) is 5.11 Å². The molecule has 2 unspecified atom stereocenters. The number of piperazine rings is 1. The topological polar surface area (TPSA) is 39.6 Å². The van der Waals surface area contributed by atoms with E-state index >= 15 is 0 Å². The van der Waals surface area contributed by atoms with Crippen LogP contribution in [0.1, 0.15) is 20.3 Å². The quantitative estimate of drug-likeness (QED) is 0.914. The number of thiazole rings is 1. The predicted octanol–water partition coefficient (Wildman–Crippen LogP) is 3.09. The van der Waals surface area contributed by atoms with Crippen molar-refractivity contribution in [2.45, 2.75) is 32.4 Å². The largest absolute Gasteiger partial charge is 0.392 e. The minimum atomic E-state index is -0.264. The molecule has 23 heavy (non-hydrogen) atoms. The molecule has 1 aliphatic rings. The van der Waals surface area contributed by atoms with Crippen LogP contribution in [-0.4, -0.2) is 53.3 Å². The average Bonchev–Trinajstić information content (AvgIpc) is 3.05. The van der Waals surface area contributed by atoms with Gasteiger partial charge in [0.25, 0.3) is 0 Å². The molecule has 1 aliphatic heterocycles. The van der Waals surface area contributed by atoms with Gasteiger partial charge in [0, 0.05) is 43.2 Å². The second-order valence-corrected chi connectivity index (χ2v) is 7.07. The Morgan fingerprint density at radius 2 is 2.09 bits per heavy atom. The standard InChI is InChI=1S/C18H25N3OS/c1-3-16-12-21(10-9-20(16)11-14(2)22)18-19-17(13-23-18)15-7-5-4-6-8-15/h4-8,13-14,16,22H,3,9-12H2,1-2H3. The van der Waals surface area contributed by atoms with Crippen molar-refractivity contribution in [1.82, 2.24) is 9.88 Å². The van der Waals surface area contributed by atoms with Crippen molar-refractivity contribution in [3.8, 4) is 11.3 Å². The Labute approximate surface area is 142 Å². The molecular weight excluding hydrogens is 306 g/mol. The van der Waals surface area contributed by atoms with Gasteiger partial charge in [-0.1, -0.05) is 37.3 Å². The van der Waals surface area contributed by atoms with E-state index in [0.717, 1.165) is 43.4 Å². The van der Waals surface area contributed by atoms with Crippen molar-refractivity contribution in [1.29, 1.82) is 0 Å². The number of rotatable bonds is 5. The van der Waals surface area contributed by atoms with Crippen LogP contribution in [0.25, 0.3) is 11.3 Å². The maximum absolute atomic E-state index is 9.66. The van der Waals surface area contributed by atoms with Gasteiger partial charge in [-0.05, 0) is 13.3 Å². The summed E-state index contributed by atoms with van der Waals surface area (Å²) in [5.74, 6) is 0. The van der Waals surface area contributed by atoms with Crippen LogP contribution in [-0.2, 0) is 0 Å². The van der Waals surface area contributed by atoms with Crippen LogP contribution < -0.4 is 4.90 Å². The number of nitrogens with zero attached hydrogens (tertiary/aromatic N) is 3. The number of β-amino-alcohol motifs (C(OH)–C–C–N with tert-alkyl or cyclic N) is 1. The van der Waals surface area contributed by atoms with Crippen LogP contribution in [0, 0.1) is 0 Å². The lowest BCUT2D eigenvalue weighted by Crippen LogP contribution is -2.54. The van der Waals surface area contributed by atoms with E-state index in [4.69, 9.17) is 4.98 Å². The molecule has 2 atom stereocenters. The highest BCUT2D eigenvalue weighted by atomic mass is 32.1. The summed E-state index contributed by atoms with van der Waals surface area (Å²) in [4.78, 5) is 9.64. The van der Waals surface area contributed by atoms with E-state index in [1.807, 2.05) is 13.0 Å². The SMILES string of the molecule is CCC1CN(c2nc(-c3ccccc3)cs2)CCN1CC(C)O. The molecule has 1 aromatic carbocycles. The molecule has 0 bridgehead atoms. The fourth-order valence-corrected chi connectivity index (χ4v) is 4.06.